The molecule has 1 fully saturated rings. The molecule has 2 atom stereocenters. The van der Waals surface area contributed by atoms with Crippen LogP contribution in [0.3, 0.4) is 0 Å². The Kier molecular flexibility index (Phi) is 2.30. The standard InChI is InChI=1S/C15H12BrClO2/c16-12-11-8-1-2-10(18)13(17)9(8)6-15(11)4-3-7(5-15)14(12)19/h1-2,7,18H,3-6H2/t7-,15+/m0/s1. The van der Waals surface area contributed by atoms with Gasteiger partial charge < -0.3 is 5.11 Å². The molecule has 0 aliphatic heterocycles. The van der Waals surface area contributed by atoms with Crippen molar-refractivity contribution < 1.29 is 9.90 Å². The lowest BCUT2D eigenvalue weighted by Crippen LogP contribution is -2.25. The van der Waals surface area contributed by atoms with Crippen molar-refractivity contribution >= 4 is 38.9 Å². The minimum atomic E-state index is 0.0666. The van der Waals surface area contributed by atoms with E-state index in [4.69, 9.17) is 11.6 Å². The van der Waals surface area contributed by atoms with E-state index in [1.807, 2.05) is 6.07 Å². The first-order valence-electron chi connectivity index (χ1n) is 6.49. The van der Waals surface area contributed by atoms with E-state index in [0.717, 1.165) is 46.9 Å². The van der Waals surface area contributed by atoms with Gasteiger partial charge in [-0.2, -0.15) is 0 Å². The van der Waals surface area contributed by atoms with Crippen LogP contribution in [0.15, 0.2) is 16.6 Å². The van der Waals surface area contributed by atoms with E-state index in [9.17, 15) is 9.90 Å². The van der Waals surface area contributed by atoms with Gasteiger partial charge in [0.25, 0.3) is 0 Å². The highest BCUT2D eigenvalue weighted by Crippen LogP contribution is 2.64. The molecule has 1 saturated carbocycles. The fourth-order valence-corrected chi connectivity index (χ4v) is 5.31. The lowest BCUT2D eigenvalue weighted by atomic mass is 9.74. The molecule has 2 nitrogen and oxygen atoms in total. The summed E-state index contributed by atoms with van der Waals surface area (Å²) >= 11 is 9.76. The Morgan fingerprint density at radius 2 is 2.21 bits per heavy atom. The number of fused-ring (bicyclic) bond motifs is 3. The quantitative estimate of drug-likeness (QED) is 0.773. The van der Waals surface area contributed by atoms with Crippen LogP contribution >= 0.6 is 27.5 Å². The Bertz CT molecular complexity index is 664. The van der Waals surface area contributed by atoms with Crippen LogP contribution < -0.4 is 0 Å². The Balaban J connectivity index is 2.03. The van der Waals surface area contributed by atoms with E-state index in [1.165, 1.54) is 0 Å². The average molecular weight is 340 g/mol. The summed E-state index contributed by atoms with van der Waals surface area (Å²) in [5.74, 6) is 0.535. The molecule has 4 rings (SSSR count). The van der Waals surface area contributed by atoms with E-state index < -0.39 is 0 Å². The van der Waals surface area contributed by atoms with Gasteiger partial charge in [-0.05, 0) is 64.4 Å². The van der Waals surface area contributed by atoms with Gasteiger partial charge in [-0.1, -0.05) is 17.7 Å². The van der Waals surface area contributed by atoms with E-state index in [-0.39, 0.29) is 22.9 Å². The van der Waals surface area contributed by atoms with E-state index in [2.05, 4.69) is 15.9 Å². The topological polar surface area (TPSA) is 37.3 Å². The third-order valence-corrected chi connectivity index (χ3v) is 6.16. The smallest absolute Gasteiger partial charge is 0.173 e. The first-order chi connectivity index (χ1) is 9.03. The Morgan fingerprint density at radius 3 is 3.00 bits per heavy atom. The molecule has 0 radical (unpaired) electrons. The number of phenols is 1. The molecule has 1 N–H and O–H groups in total. The van der Waals surface area contributed by atoms with Gasteiger partial charge >= 0.3 is 0 Å². The maximum atomic E-state index is 12.3. The number of hydrogen-bond acceptors (Lipinski definition) is 2. The molecule has 1 spiro atoms. The molecule has 0 saturated heterocycles. The fourth-order valence-electron chi connectivity index (χ4n) is 4.12. The molecule has 3 aliphatic rings. The number of rotatable bonds is 0. The van der Waals surface area contributed by atoms with Crippen molar-refractivity contribution in [2.75, 3.05) is 0 Å². The van der Waals surface area contributed by atoms with E-state index >= 15 is 0 Å². The van der Waals surface area contributed by atoms with Gasteiger partial charge in [-0.3, -0.25) is 4.79 Å². The summed E-state index contributed by atoms with van der Waals surface area (Å²) in [7, 11) is 0. The zero-order chi connectivity index (χ0) is 13.4. The van der Waals surface area contributed by atoms with Crippen LogP contribution in [0.2, 0.25) is 5.02 Å². The normalized spacial score (nSPS) is 31.7. The predicted octanol–water partition coefficient (Wildman–Crippen LogP) is 4.08. The van der Waals surface area contributed by atoms with Gasteiger partial charge in [-0.15, -0.1) is 0 Å². The summed E-state index contributed by atoms with van der Waals surface area (Å²) in [4.78, 5) is 12.3. The van der Waals surface area contributed by atoms with E-state index in [0.29, 0.717) is 5.02 Å². The number of halogens is 2. The van der Waals surface area contributed by atoms with Crippen molar-refractivity contribution in [1.82, 2.24) is 0 Å². The SMILES string of the molecule is O=C1C(Br)=C2c3ccc(O)c(Cl)c3C[C@]23CC[C@H]1C3. The van der Waals surface area contributed by atoms with Gasteiger partial charge in [0.05, 0.1) is 9.51 Å². The molecule has 1 aromatic rings. The molecule has 0 aromatic heterocycles. The minimum absolute atomic E-state index is 0.0666. The Labute approximate surface area is 124 Å². The zero-order valence-electron chi connectivity index (χ0n) is 10.2. The summed E-state index contributed by atoms with van der Waals surface area (Å²) < 4.78 is 0.738. The molecule has 0 amide bonds. The third-order valence-electron chi connectivity index (χ3n) is 4.95. The average Bonchev–Trinajstić information content (AvgIpc) is 2.93. The molecular weight excluding hydrogens is 328 g/mol. The first-order valence-corrected chi connectivity index (χ1v) is 7.66. The molecule has 1 aromatic carbocycles. The van der Waals surface area contributed by atoms with Crippen LogP contribution in [0.25, 0.3) is 5.57 Å². The molecule has 0 heterocycles. The number of carbonyl (C=O) groups excluding carboxylic acids is 1. The molecule has 19 heavy (non-hydrogen) atoms. The van der Waals surface area contributed by atoms with Crippen molar-refractivity contribution in [3.63, 3.8) is 0 Å². The molecular formula is C15H12BrClO2. The number of allylic oxidation sites excluding steroid dienone is 2. The summed E-state index contributed by atoms with van der Waals surface area (Å²) in [6, 6.07) is 3.52. The molecule has 0 unspecified atom stereocenters. The second-order valence-electron chi connectivity index (χ2n) is 5.87. The van der Waals surface area contributed by atoms with Gasteiger partial charge in [0.2, 0.25) is 0 Å². The molecule has 4 heteroatoms. The highest BCUT2D eigenvalue weighted by atomic mass is 79.9. The maximum Gasteiger partial charge on any atom is 0.173 e. The number of hydrogen-bond donors (Lipinski definition) is 1. The number of aromatic hydroxyl groups is 1. The highest BCUT2D eigenvalue weighted by molar-refractivity contribution is 9.12. The van der Waals surface area contributed by atoms with Crippen LogP contribution in [0.5, 0.6) is 5.75 Å². The van der Waals surface area contributed by atoms with Crippen LogP contribution in [-0.4, -0.2) is 10.9 Å². The minimum Gasteiger partial charge on any atom is -0.506 e. The molecule has 2 bridgehead atoms. The van der Waals surface area contributed by atoms with Crippen LogP contribution in [0.4, 0.5) is 0 Å². The van der Waals surface area contributed by atoms with Crippen molar-refractivity contribution in [2.24, 2.45) is 11.3 Å². The Hall–Kier alpha value is -0.800. The van der Waals surface area contributed by atoms with Gasteiger partial charge in [0, 0.05) is 11.3 Å². The van der Waals surface area contributed by atoms with Crippen molar-refractivity contribution in [3.05, 3.63) is 32.8 Å². The molecule has 98 valence electrons. The number of carbonyl (C=O) groups is 1. The highest BCUT2D eigenvalue weighted by Gasteiger charge is 2.54. The summed E-state index contributed by atoms with van der Waals surface area (Å²) in [6.45, 7) is 0. The third kappa shape index (κ3) is 1.35. The van der Waals surface area contributed by atoms with E-state index in [1.54, 1.807) is 6.07 Å². The van der Waals surface area contributed by atoms with Crippen LogP contribution in [0.1, 0.15) is 30.4 Å². The second-order valence-corrected chi connectivity index (χ2v) is 7.05. The van der Waals surface area contributed by atoms with Crippen LogP contribution in [-0.2, 0) is 11.2 Å². The van der Waals surface area contributed by atoms with Crippen molar-refractivity contribution in [2.45, 2.75) is 25.7 Å². The zero-order valence-corrected chi connectivity index (χ0v) is 12.5. The number of phenolic OH excluding ortho intramolecular Hbond substituents is 1. The maximum absolute atomic E-state index is 12.3. The number of benzene rings is 1. The summed E-state index contributed by atoms with van der Waals surface area (Å²) in [5.41, 5.74) is 3.24. The lowest BCUT2D eigenvalue weighted by Gasteiger charge is -2.30. The molecule has 3 aliphatic carbocycles. The van der Waals surface area contributed by atoms with Crippen molar-refractivity contribution in [3.8, 4) is 5.75 Å². The monoisotopic (exact) mass is 338 g/mol. The Morgan fingerprint density at radius 1 is 1.42 bits per heavy atom. The summed E-state index contributed by atoms with van der Waals surface area (Å²) in [6.07, 6.45) is 3.79. The van der Waals surface area contributed by atoms with Crippen molar-refractivity contribution in [1.29, 1.82) is 0 Å². The van der Waals surface area contributed by atoms with Gasteiger partial charge in [-0.25, -0.2) is 0 Å². The fraction of sp³-hybridized carbons (Fsp3) is 0.400. The summed E-state index contributed by atoms with van der Waals surface area (Å²) in [5, 5.41) is 10.2. The lowest BCUT2D eigenvalue weighted by molar-refractivity contribution is -0.118. The predicted molar refractivity (Wildman–Crippen MR) is 77.4 cm³/mol. The number of ketones is 1. The largest absolute Gasteiger partial charge is 0.506 e. The first kappa shape index (κ1) is 12.0. The van der Waals surface area contributed by atoms with Gasteiger partial charge in [0.1, 0.15) is 5.75 Å². The van der Waals surface area contributed by atoms with Gasteiger partial charge in [0.15, 0.2) is 5.78 Å². The second kappa shape index (κ2) is 3.64. The number of Topliss-reactive ketones (excluding diaryl/α,β-unsaturated/α-hetero) is 1. The van der Waals surface area contributed by atoms with Crippen LogP contribution in [0, 0.1) is 11.3 Å².